The number of hydrogen-bond donors (Lipinski definition) is 1. The van der Waals surface area contributed by atoms with Crippen LogP contribution in [0.4, 0.5) is 11.4 Å². The number of benzene rings is 2. The first-order valence-electron chi connectivity index (χ1n) is 6.91. The van der Waals surface area contributed by atoms with Crippen molar-refractivity contribution in [2.45, 2.75) is 20.4 Å². The zero-order chi connectivity index (χ0) is 14.5. The molecule has 0 aliphatic carbocycles. The van der Waals surface area contributed by atoms with Crippen LogP contribution in [0.25, 0.3) is 0 Å². The van der Waals surface area contributed by atoms with E-state index in [1.165, 1.54) is 22.5 Å². The average molecular weight is 333 g/mol. The molecule has 0 bridgehead atoms. The Morgan fingerprint density at radius 1 is 1.10 bits per heavy atom. The van der Waals surface area contributed by atoms with Crippen molar-refractivity contribution in [1.82, 2.24) is 5.32 Å². The molecule has 0 aromatic heterocycles. The molecule has 2 rings (SSSR count). The fourth-order valence-electron chi connectivity index (χ4n) is 2.17. The van der Waals surface area contributed by atoms with Crippen LogP contribution in [0.15, 0.2) is 46.9 Å². The van der Waals surface area contributed by atoms with Gasteiger partial charge < -0.3 is 10.2 Å². The molecule has 3 heteroatoms. The van der Waals surface area contributed by atoms with Crippen molar-refractivity contribution in [2.75, 3.05) is 18.5 Å². The van der Waals surface area contributed by atoms with Gasteiger partial charge in [-0.05, 0) is 43.3 Å². The highest BCUT2D eigenvalue weighted by molar-refractivity contribution is 9.10. The minimum atomic E-state index is 0.884. The van der Waals surface area contributed by atoms with Crippen LogP contribution >= 0.6 is 15.9 Å². The number of hydrogen-bond acceptors (Lipinski definition) is 2. The first-order chi connectivity index (χ1) is 9.61. The summed E-state index contributed by atoms with van der Waals surface area (Å²) in [5.74, 6) is 0. The molecule has 1 N–H and O–H groups in total. The lowest BCUT2D eigenvalue weighted by Gasteiger charge is -2.23. The van der Waals surface area contributed by atoms with Gasteiger partial charge in [0, 0.05) is 29.4 Å². The number of aryl methyl sites for hydroxylation is 1. The molecule has 106 valence electrons. The van der Waals surface area contributed by atoms with Gasteiger partial charge in [0.25, 0.3) is 0 Å². The van der Waals surface area contributed by atoms with E-state index in [1.807, 2.05) is 0 Å². The predicted octanol–water partition coefficient (Wildman–Crippen LogP) is 4.63. The Labute approximate surface area is 129 Å². The Hall–Kier alpha value is -1.32. The molecule has 0 atom stereocenters. The molecule has 2 aromatic rings. The lowest BCUT2D eigenvalue weighted by molar-refractivity contribution is 0.726. The summed E-state index contributed by atoms with van der Waals surface area (Å²) in [4.78, 5) is 2.23. The number of nitrogens with one attached hydrogen (secondary N) is 1. The van der Waals surface area contributed by atoms with Gasteiger partial charge in [-0.3, -0.25) is 0 Å². The molecule has 2 aromatic carbocycles. The molecule has 20 heavy (non-hydrogen) atoms. The lowest BCUT2D eigenvalue weighted by Crippen LogP contribution is -2.17. The molecule has 0 aliphatic heterocycles. The van der Waals surface area contributed by atoms with Crippen LogP contribution in [0.1, 0.15) is 18.1 Å². The average Bonchev–Trinajstić information content (AvgIpc) is 2.46. The molecule has 0 fully saturated rings. The third-order valence-electron chi connectivity index (χ3n) is 3.40. The van der Waals surface area contributed by atoms with Crippen LogP contribution < -0.4 is 10.2 Å². The number of halogens is 1. The van der Waals surface area contributed by atoms with E-state index in [1.54, 1.807) is 0 Å². The van der Waals surface area contributed by atoms with E-state index in [0.29, 0.717) is 0 Å². The molecule has 0 amide bonds. The summed E-state index contributed by atoms with van der Waals surface area (Å²) >= 11 is 3.57. The second-order valence-corrected chi connectivity index (χ2v) is 5.86. The molecule has 0 aliphatic rings. The number of anilines is 2. The van der Waals surface area contributed by atoms with Gasteiger partial charge in [-0.15, -0.1) is 0 Å². The second kappa shape index (κ2) is 6.91. The van der Waals surface area contributed by atoms with E-state index >= 15 is 0 Å². The van der Waals surface area contributed by atoms with E-state index in [9.17, 15) is 0 Å². The van der Waals surface area contributed by atoms with Crippen LogP contribution in [0.3, 0.4) is 0 Å². The Kier molecular flexibility index (Phi) is 5.21. The summed E-state index contributed by atoms with van der Waals surface area (Å²) in [6.45, 7) is 6.10. The second-order valence-electron chi connectivity index (χ2n) is 4.95. The Balaban J connectivity index is 2.34. The predicted molar refractivity (Wildman–Crippen MR) is 90.8 cm³/mol. The smallest absolute Gasteiger partial charge is 0.0465 e. The molecule has 2 nitrogen and oxygen atoms in total. The van der Waals surface area contributed by atoms with Gasteiger partial charge in [-0.1, -0.05) is 46.6 Å². The van der Waals surface area contributed by atoms with E-state index in [-0.39, 0.29) is 0 Å². The molecular weight excluding hydrogens is 312 g/mol. The Morgan fingerprint density at radius 3 is 2.45 bits per heavy atom. The first-order valence-corrected chi connectivity index (χ1v) is 7.70. The van der Waals surface area contributed by atoms with Crippen molar-refractivity contribution in [3.63, 3.8) is 0 Å². The minimum absolute atomic E-state index is 0.884. The maximum absolute atomic E-state index is 3.57. The zero-order valence-electron chi connectivity index (χ0n) is 12.3. The fourth-order valence-corrected chi connectivity index (χ4v) is 2.51. The zero-order valence-corrected chi connectivity index (χ0v) is 13.9. The standard InChI is InChI=1S/C17H21BrN2/c1-4-19-12-14-7-8-15(18)11-17(14)20(3)16-9-5-13(2)6-10-16/h5-11,19H,4,12H2,1-3H3. The maximum atomic E-state index is 3.57. The largest absolute Gasteiger partial charge is 0.344 e. The van der Waals surface area contributed by atoms with Crippen LogP contribution in [0.2, 0.25) is 0 Å². The van der Waals surface area contributed by atoms with Gasteiger partial charge in [-0.25, -0.2) is 0 Å². The van der Waals surface area contributed by atoms with Crippen LogP contribution in [0, 0.1) is 6.92 Å². The highest BCUT2D eigenvalue weighted by Gasteiger charge is 2.09. The molecular formula is C17H21BrN2. The Morgan fingerprint density at radius 2 is 1.80 bits per heavy atom. The molecule has 0 saturated carbocycles. The normalized spacial score (nSPS) is 10.6. The molecule has 0 radical (unpaired) electrons. The van der Waals surface area contributed by atoms with Crippen molar-refractivity contribution < 1.29 is 0 Å². The fraction of sp³-hybridized carbons (Fsp3) is 0.294. The number of rotatable bonds is 5. The SMILES string of the molecule is CCNCc1ccc(Br)cc1N(C)c1ccc(C)cc1. The summed E-state index contributed by atoms with van der Waals surface area (Å²) in [5.41, 5.74) is 5.01. The van der Waals surface area contributed by atoms with Crippen LogP contribution in [-0.4, -0.2) is 13.6 Å². The topological polar surface area (TPSA) is 15.3 Å². The van der Waals surface area contributed by atoms with Gasteiger partial charge in [-0.2, -0.15) is 0 Å². The van der Waals surface area contributed by atoms with Crippen LogP contribution in [0.5, 0.6) is 0 Å². The van der Waals surface area contributed by atoms with Crippen molar-refractivity contribution in [1.29, 1.82) is 0 Å². The van der Waals surface area contributed by atoms with Gasteiger partial charge >= 0.3 is 0 Å². The van der Waals surface area contributed by atoms with E-state index in [0.717, 1.165) is 17.6 Å². The lowest BCUT2D eigenvalue weighted by atomic mass is 10.1. The summed E-state index contributed by atoms with van der Waals surface area (Å²) in [5, 5.41) is 3.40. The van der Waals surface area contributed by atoms with E-state index < -0.39 is 0 Å². The van der Waals surface area contributed by atoms with Crippen molar-refractivity contribution in [2.24, 2.45) is 0 Å². The van der Waals surface area contributed by atoms with Gasteiger partial charge in [0.15, 0.2) is 0 Å². The third kappa shape index (κ3) is 3.62. The van der Waals surface area contributed by atoms with Gasteiger partial charge in [0.05, 0.1) is 0 Å². The van der Waals surface area contributed by atoms with Crippen molar-refractivity contribution in [3.05, 3.63) is 58.1 Å². The van der Waals surface area contributed by atoms with E-state index in [4.69, 9.17) is 0 Å². The van der Waals surface area contributed by atoms with Crippen molar-refractivity contribution >= 4 is 27.3 Å². The van der Waals surface area contributed by atoms with Crippen LogP contribution in [-0.2, 0) is 6.54 Å². The monoisotopic (exact) mass is 332 g/mol. The highest BCUT2D eigenvalue weighted by atomic mass is 79.9. The van der Waals surface area contributed by atoms with Gasteiger partial charge in [0.2, 0.25) is 0 Å². The van der Waals surface area contributed by atoms with Crippen molar-refractivity contribution in [3.8, 4) is 0 Å². The van der Waals surface area contributed by atoms with Gasteiger partial charge in [0.1, 0.15) is 0 Å². The summed E-state index contributed by atoms with van der Waals surface area (Å²) in [6, 6.07) is 15.1. The molecule has 0 heterocycles. The molecule has 0 spiro atoms. The minimum Gasteiger partial charge on any atom is -0.344 e. The Bertz CT molecular complexity index is 564. The molecule has 0 saturated heterocycles. The summed E-state index contributed by atoms with van der Waals surface area (Å²) in [7, 11) is 2.11. The number of nitrogens with zero attached hydrogens (tertiary/aromatic N) is 1. The summed E-state index contributed by atoms with van der Waals surface area (Å²) in [6.07, 6.45) is 0. The summed E-state index contributed by atoms with van der Waals surface area (Å²) < 4.78 is 1.10. The first kappa shape index (κ1) is 15.1. The third-order valence-corrected chi connectivity index (χ3v) is 3.89. The highest BCUT2D eigenvalue weighted by Crippen LogP contribution is 2.30. The quantitative estimate of drug-likeness (QED) is 0.858. The van der Waals surface area contributed by atoms with E-state index in [2.05, 4.69) is 89.5 Å². The maximum Gasteiger partial charge on any atom is 0.0465 e. The molecule has 0 unspecified atom stereocenters.